The van der Waals surface area contributed by atoms with Gasteiger partial charge in [-0.15, -0.1) is 0 Å². The molecule has 3 N–H and O–H groups in total. The lowest BCUT2D eigenvalue weighted by molar-refractivity contribution is -0.123. The minimum absolute atomic E-state index is 0.0798. The van der Waals surface area contributed by atoms with Gasteiger partial charge in [0.25, 0.3) is 0 Å². The Hall–Kier alpha value is -2.95. The minimum Gasteiger partial charge on any atom is -0.394 e. The normalized spacial score (nSPS) is 14.0. The summed E-state index contributed by atoms with van der Waals surface area (Å²) in [4.78, 5) is 12.4. The molecule has 4 heteroatoms. The standard InChI is InChI=1S/C52H87NO3/c1-3-5-7-9-11-13-15-16-17-18-19-20-21-22-23-24-25-26-27-28-29-30-31-32-33-34-35-36-38-40-42-44-46-48-52(56)53-50(49-54)51(55)47-45-43-41-39-37-14-12-10-8-6-4-2/h5,7,11,13,16-17,19-20,22-23,25-26,28-29,31-32,45,47,50-51,54-55H,3-4,6,8-10,12,14-15,18,21,24,27,30,33-44,46,48-49H2,1-2H3,(H,53,56)/b7-5-,13-11-,17-16-,20-19-,23-22-,26-25-,29-28-,32-31-,47-45+. The Bertz CT molecular complexity index is 1110. The van der Waals surface area contributed by atoms with Crippen molar-refractivity contribution >= 4 is 5.91 Å². The predicted octanol–water partition coefficient (Wildman–Crippen LogP) is 14.8. The number of aliphatic hydroxyl groups excluding tert-OH is 2. The van der Waals surface area contributed by atoms with Crippen molar-refractivity contribution in [2.45, 2.75) is 206 Å². The second kappa shape index (κ2) is 46.4. The molecule has 2 unspecified atom stereocenters. The van der Waals surface area contributed by atoms with Crippen LogP contribution in [0.1, 0.15) is 194 Å². The number of carbonyl (C=O) groups is 1. The lowest BCUT2D eigenvalue weighted by Gasteiger charge is -2.20. The molecule has 0 heterocycles. The van der Waals surface area contributed by atoms with Gasteiger partial charge in [0.05, 0.1) is 18.8 Å². The van der Waals surface area contributed by atoms with E-state index in [1.807, 2.05) is 6.08 Å². The molecule has 1 amide bonds. The molecule has 56 heavy (non-hydrogen) atoms. The van der Waals surface area contributed by atoms with Crippen LogP contribution in [0.3, 0.4) is 0 Å². The monoisotopic (exact) mass is 774 g/mol. The fraction of sp³-hybridized carbons (Fsp3) is 0.635. The summed E-state index contributed by atoms with van der Waals surface area (Å²) in [7, 11) is 0. The summed E-state index contributed by atoms with van der Waals surface area (Å²) in [6.45, 7) is 4.16. The molecule has 0 saturated carbocycles. The molecule has 0 fully saturated rings. The number of amides is 1. The van der Waals surface area contributed by atoms with Gasteiger partial charge in [-0.1, -0.05) is 213 Å². The first kappa shape index (κ1) is 53.0. The first-order chi connectivity index (χ1) is 27.7. The molecule has 0 saturated heterocycles. The summed E-state index contributed by atoms with van der Waals surface area (Å²) in [5, 5.41) is 22.9. The van der Waals surface area contributed by atoms with Gasteiger partial charge >= 0.3 is 0 Å². The van der Waals surface area contributed by atoms with Crippen molar-refractivity contribution in [3.8, 4) is 0 Å². The van der Waals surface area contributed by atoms with E-state index in [1.165, 1.54) is 83.5 Å². The summed E-state index contributed by atoms with van der Waals surface area (Å²) in [5.74, 6) is -0.0798. The Labute approximate surface area is 346 Å². The smallest absolute Gasteiger partial charge is 0.220 e. The summed E-state index contributed by atoms with van der Waals surface area (Å²) >= 11 is 0. The van der Waals surface area contributed by atoms with Gasteiger partial charge in [-0.05, 0) is 83.5 Å². The van der Waals surface area contributed by atoms with E-state index in [1.54, 1.807) is 6.08 Å². The van der Waals surface area contributed by atoms with Gasteiger partial charge in [-0.3, -0.25) is 4.79 Å². The van der Waals surface area contributed by atoms with Gasteiger partial charge in [0.1, 0.15) is 0 Å². The quantitative estimate of drug-likeness (QED) is 0.0429. The Morgan fingerprint density at radius 1 is 0.446 bits per heavy atom. The first-order valence-corrected chi connectivity index (χ1v) is 23.1. The van der Waals surface area contributed by atoms with Crippen molar-refractivity contribution in [3.63, 3.8) is 0 Å². The molecule has 0 aromatic carbocycles. The molecule has 0 spiro atoms. The number of carbonyl (C=O) groups excluding carboxylic acids is 1. The van der Waals surface area contributed by atoms with Crippen LogP contribution in [0, 0.1) is 0 Å². The number of rotatable bonds is 40. The largest absolute Gasteiger partial charge is 0.394 e. The zero-order valence-corrected chi connectivity index (χ0v) is 36.4. The number of nitrogens with one attached hydrogen (secondary N) is 1. The minimum atomic E-state index is -0.848. The van der Waals surface area contributed by atoms with E-state index in [4.69, 9.17) is 0 Å². The first-order valence-electron chi connectivity index (χ1n) is 23.1. The maximum absolute atomic E-state index is 12.4. The zero-order chi connectivity index (χ0) is 40.7. The maximum Gasteiger partial charge on any atom is 0.220 e. The van der Waals surface area contributed by atoms with Crippen molar-refractivity contribution in [2.24, 2.45) is 0 Å². The highest BCUT2D eigenvalue weighted by Gasteiger charge is 2.17. The highest BCUT2D eigenvalue weighted by molar-refractivity contribution is 5.76. The van der Waals surface area contributed by atoms with Crippen molar-refractivity contribution in [2.75, 3.05) is 6.61 Å². The summed E-state index contributed by atoms with van der Waals surface area (Å²) in [6, 6.07) is -0.632. The third-order valence-corrected chi connectivity index (χ3v) is 9.76. The Kier molecular flexibility index (Phi) is 44.0. The molecule has 0 bridgehead atoms. The van der Waals surface area contributed by atoms with E-state index >= 15 is 0 Å². The number of aliphatic hydroxyl groups is 2. The van der Waals surface area contributed by atoms with Crippen molar-refractivity contribution in [1.82, 2.24) is 5.32 Å². The molecular formula is C52H87NO3. The highest BCUT2D eigenvalue weighted by Crippen LogP contribution is 2.13. The van der Waals surface area contributed by atoms with Gasteiger partial charge in [-0.25, -0.2) is 0 Å². The molecule has 0 rings (SSSR count). The van der Waals surface area contributed by atoms with Crippen LogP contribution in [-0.2, 0) is 4.79 Å². The van der Waals surface area contributed by atoms with Crippen LogP contribution in [0.4, 0.5) is 0 Å². The number of unbranched alkanes of at least 4 members (excludes halogenated alkanes) is 17. The molecule has 2 atom stereocenters. The number of hydrogen-bond acceptors (Lipinski definition) is 3. The number of hydrogen-bond donors (Lipinski definition) is 3. The van der Waals surface area contributed by atoms with Gasteiger partial charge in [0.2, 0.25) is 5.91 Å². The molecule has 0 aliphatic rings. The highest BCUT2D eigenvalue weighted by atomic mass is 16.3. The van der Waals surface area contributed by atoms with E-state index in [9.17, 15) is 15.0 Å². The lowest BCUT2D eigenvalue weighted by atomic mass is 10.1. The van der Waals surface area contributed by atoms with Gasteiger partial charge < -0.3 is 15.5 Å². The van der Waals surface area contributed by atoms with E-state index < -0.39 is 12.1 Å². The molecule has 318 valence electrons. The zero-order valence-electron chi connectivity index (χ0n) is 36.4. The fourth-order valence-electron chi connectivity index (χ4n) is 6.25. The van der Waals surface area contributed by atoms with Crippen LogP contribution in [0.15, 0.2) is 109 Å². The van der Waals surface area contributed by atoms with E-state index in [-0.39, 0.29) is 12.5 Å². The molecule has 0 aliphatic carbocycles. The Balaban J connectivity index is 3.64. The van der Waals surface area contributed by atoms with Crippen molar-refractivity contribution in [3.05, 3.63) is 109 Å². The second-order valence-corrected chi connectivity index (χ2v) is 15.1. The summed E-state index contributed by atoms with van der Waals surface area (Å²) in [5.41, 5.74) is 0. The topological polar surface area (TPSA) is 69.6 Å². The Morgan fingerprint density at radius 2 is 0.786 bits per heavy atom. The van der Waals surface area contributed by atoms with Crippen LogP contribution in [0.2, 0.25) is 0 Å². The lowest BCUT2D eigenvalue weighted by Crippen LogP contribution is -2.45. The molecule has 0 aromatic rings. The molecule has 0 aromatic heterocycles. The summed E-state index contributed by atoms with van der Waals surface area (Å²) in [6.07, 6.45) is 70.6. The predicted molar refractivity (Wildman–Crippen MR) is 248 cm³/mol. The van der Waals surface area contributed by atoms with Crippen LogP contribution in [-0.4, -0.2) is 34.9 Å². The van der Waals surface area contributed by atoms with Crippen LogP contribution in [0.25, 0.3) is 0 Å². The third-order valence-electron chi connectivity index (χ3n) is 9.76. The molecule has 0 radical (unpaired) electrons. The third kappa shape index (κ3) is 42.2. The maximum atomic E-state index is 12.4. The summed E-state index contributed by atoms with van der Waals surface area (Å²) < 4.78 is 0. The molecular weight excluding hydrogens is 687 g/mol. The van der Waals surface area contributed by atoms with Gasteiger partial charge in [0, 0.05) is 6.42 Å². The van der Waals surface area contributed by atoms with Crippen LogP contribution >= 0.6 is 0 Å². The number of allylic oxidation sites excluding steroid dienone is 17. The van der Waals surface area contributed by atoms with Gasteiger partial charge in [-0.2, -0.15) is 0 Å². The van der Waals surface area contributed by atoms with Gasteiger partial charge in [0.15, 0.2) is 0 Å². The van der Waals surface area contributed by atoms with Crippen molar-refractivity contribution < 1.29 is 15.0 Å². The van der Waals surface area contributed by atoms with E-state index in [0.29, 0.717) is 6.42 Å². The fourth-order valence-corrected chi connectivity index (χ4v) is 6.25. The second-order valence-electron chi connectivity index (χ2n) is 15.1. The van der Waals surface area contributed by atoms with E-state index in [2.05, 4.69) is 116 Å². The average molecular weight is 774 g/mol. The Morgan fingerprint density at radius 3 is 1.18 bits per heavy atom. The van der Waals surface area contributed by atoms with Crippen molar-refractivity contribution in [1.29, 1.82) is 0 Å². The van der Waals surface area contributed by atoms with Crippen LogP contribution in [0.5, 0.6) is 0 Å². The molecule has 4 nitrogen and oxygen atoms in total. The average Bonchev–Trinajstić information content (AvgIpc) is 3.20. The van der Waals surface area contributed by atoms with E-state index in [0.717, 1.165) is 89.9 Å². The SMILES string of the molecule is CC/C=C\C/C=C\C/C=C\C/C=C\C/C=C\C/C=C\C/C=C\C/C=C\CCCCCCCCCCC(=O)NC(CO)C(O)/C=C/CCCCCCCCCCC. The van der Waals surface area contributed by atoms with Crippen LogP contribution < -0.4 is 5.32 Å². The molecule has 0 aliphatic heterocycles.